The van der Waals surface area contributed by atoms with Gasteiger partial charge in [-0.1, -0.05) is 42.0 Å². The Morgan fingerprint density at radius 1 is 1.11 bits per heavy atom. The summed E-state index contributed by atoms with van der Waals surface area (Å²) in [5.41, 5.74) is 4.50. The SMILES string of the molecule is Cc1cccc(Cn2c([C@H]3CC(=O)N(C(C)(C)C)C3)nc3ccccc32)c1. The van der Waals surface area contributed by atoms with Crippen LogP contribution in [0.25, 0.3) is 11.0 Å². The number of hydrogen-bond donors (Lipinski definition) is 0. The van der Waals surface area contributed by atoms with E-state index in [1.54, 1.807) is 0 Å². The Morgan fingerprint density at radius 2 is 1.89 bits per heavy atom. The molecule has 0 saturated carbocycles. The van der Waals surface area contributed by atoms with Crippen LogP contribution in [0.15, 0.2) is 48.5 Å². The number of benzene rings is 2. The van der Waals surface area contributed by atoms with Crippen molar-refractivity contribution in [2.45, 2.75) is 52.1 Å². The van der Waals surface area contributed by atoms with E-state index in [-0.39, 0.29) is 17.4 Å². The quantitative estimate of drug-likeness (QED) is 0.688. The second-order valence-corrected chi connectivity index (χ2v) is 8.61. The minimum atomic E-state index is -0.154. The summed E-state index contributed by atoms with van der Waals surface area (Å²) in [6.07, 6.45) is 0.536. The molecule has 1 aliphatic heterocycles. The Kier molecular flexibility index (Phi) is 4.29. The van der Waals surface area contributed by atoms with Gasteiger partial charge in [0, 0.05) is 31.0 Å². The Morgan fingerprint density at radius 3 is 2.59 bits per heavy atom. The van der Waals surface area contributed by atoms with Crippen LogP contribution in [0.4, 0.5) is 0 Å². The van der Waals surface area contributed by atoms with Crippen LogP contribution in [0.5, 0.6) is 0 Å². The second-order valence-electron chi connectivity index (χ2n) is 8.61. The molecule has 3 aromatic rings. The molecule has 0 unspecified atom stereocenters. The average Bonchev–Trinajstić information content (AvgIpc) is 3.16. The Hall–Kier alpha value is -2.62. The molecule has 1 aromatic heterocycles. The van der Waals surface area contributed by atoms with E-state index in [9.17, 15) is 4.79 Å². The summed E-state index contributed by atoms with van der Waals surface area (Å²) >= 11 is 0. The number of carbonyl (C=O) groups excluding carboxylic acids is 1. The molecule has 0 spiro atoms. The van der Waals surface area contributed by atoms with Crippen molar-refractivity contribution in [2.75, 3.05) is 6.54 Å². The molecule has 1 aliphatic rings. The van der Waals surface area contributed by atoms with Gasteiger partial charge in [0.05, 0.1) is 11.0 Å². The predicted octanol–water partition coefficient (Wildman–Crippen LogP) is 4.51. The molecule has 0 bridgehead atoms. The molecule has 4 heteroatoms. The third kappa shape index (κ3) is 3.36. The van der Waals surface area contributed by atoms with E-state index in [4.69, 9.17) is 4.98 Å². The van der Waals surface area contributed by atoms with Gasteiger partial charge in [-0.05, 0) is 45.4 Å². The highest BCUT2D eigenvalue weighted by molar-refractivity contribution is 5.81. The number of aromatic nitrogens is 2. The number of rotatable bonds is 3. The molecule has 0 N–H and O–H groups in total. The first-order valence-electron chi connectivity index (χ1n) is 9.64. The van der Waals surface area contributed by atoms with E-state index in [0.717, 1.165) is 29.9 Å². The van der Waals surface area contributed by atoms with Crippen LogP contribution >= 0.6 is 0 Å². The molecule has 1 saturated heterocycles. The average molecular weight is 361 g/mol. The first-order chi connectivity index (χ1) is 12.8. The lowest BCUT2D eigenvalue weighted by Gasteiger charge is -2.32. The van der Waals surface area contributed by atoms with Crippen molar-refractivity contribution in [3.8, 4) is 0 Å². The molecule has 2 aromatic carbocycles. The zero-order valence-electron chi connectivity index (χ0n) is 16.6. The predicted molar refractivity (Wildman–Crippen MR) is 109 cm³/mol. The van der Waals surface area contributed by atoms with Gasteiger partial charge in [-0.15, -0.1) is 0 Å². The fourth-order valence-corrected chi connectivity index (χ4v) is 4.09. The number of hydrogen-bond acceptors (Lipinski definition) is 2. The molecule has 1 amide bonds. The lowest BCUT2D eigenvalue weighted by molar-refractivity contribution is -0.131. The number of carbonyl (C=O) groups is 1. The zero-order chi connectivity index (χ0) is 19.2. The molecular weight excluding hydrogens is 334 g/mol. The standard InChI is InChI=1S/C23H27N3O/c1-16-8-7-9-17(12-16)14-25-20-11-6-5-10-19(20)24-22(25)18-13-21(27)26(15-18)23(2,3)4/h5-12,18H,13-15H2,1-4H3/t18-/m0/s1. The van der Waals surface area contributed by atoms with Gasteiger partial charge in [-0.25, -0.2) is 4.98 Å². The molecule has 0 radical (unpaired) electrons. The molecule has 0 aliphatic carbocycles. The number of fused-ring (bicyclic) bond motifs is 1. The lowest BCUT2D eigenvalue weighted by Crippen LogP contribution is -2.42. The minimum absolute atomic E-state index is 0.133. The maximum absolute atomic E-state index is 12.6. The molecule has 27 heavy (non-hydrogen) atoms. The maximum Gasteiger partial charge on any atom is 0.223 e. The normalized spacial score (nSPS) is 17.9. The van der Waals surface area contributed by atoms with Gasteiger partial charge in [0.25, 0.3) is 0 Å². The summed E-state index contributed by atoms with van der Waals surface area (Å²) in [6.45, 7) is 9.93. The van der Waals surface area contributed by atoms with Crippen molar-refractivity contribution in [2.24, 2.45) is 0 Å². The van der Waals surface area contributed by atoms with E-state index in [1.807, 2.05) is 11.0 Å². The maximum atomic E-state index is 12.6. The van der Waals surface area contributed by atoms with E-state index < -0.39 is 0 Å². The smallest absolute Gasteiger partial charge is 0.223 e. The first kappa shape index (κ1) is 17.8. The molecule has 2 heterocycles. The first-order valence-corrected chi connectivity index (χ1v) is 9.64. The Bertz CT molecular complexity index is 996. The molecular formula is C23H27N3O. The van der Waals surface area contributed by atoms with E-state index >= 15 is 0 Å². The lowest BCUT2D eigenvalue weighted by atomic mass is 10.1. The zero-order valence-corrected chi connectivity index (χ0v) is 16.6. The van der Waals surface area contributed by atoms with Crippen LogP contribution in [0.2, 0.25) is 0 Å². The topological polar surface area (TPSA) is 38.1 Å². The fraction of sp³-hybridized carbons (Fsp3) is 0.391. The summed E-state index contributed by atoms with van der Waals surface area (Å²) in [5.74, 6) is 1.38. The summed E-state index contributed by atoms with van der Waals surface area (Å²) in [7, 11) is 0. The summed E-state index contributed by atoms with van der Waals surface area (Å²) in [4.78, 5) is 19.6. The molecule has 140 valence electrons. The van der Waals surface area contributed by atoms with Crippen molar-refractivity contribution < 1.29 is 4.79 Å². The van der Waals surface area contributed by atoms with Crippen molar-refractivity contribution in [3.05, 3.63) is 65.5 Å². The van der Waals surface area contributed by atoms with Crippen LogP contribution in [0.3, 0.4) is 0 Å². The van der Waals surface area contributed by atoms with E-state index in [1.165, 1.54) is 11.1 Å². The molecule has 1 fully saturated rings. The van der Waals surface area contributed by atoms with Gasteiger partial charge >= 0.3 is 0 Å². The van der Waals surface area contributed by atoms with Gasteiger partial charge < -0.3 is 9.47 Å². The Labute approximate surface area is 160 Å². The summed E-state index contributed by atoms with van der Waals surface area (Å²) in [5, 5.41) is 0. The molecule has 1 atom stereocenters. The van der Waals surface area contributed by atoms with Crippen LogP contribution in [0, 0.1) is 6.92 Å². The van der Waals surface area contributed by atoms with Gasteiger partial charge in [-0.3, -0.25) is 4.79 Å². The number of likely N-dealkylation sites (tertiary alicyclic amines) is 1. The molecule has 4 nitrogen and oxygen atoms in total. The number of amides is 1. The monoisotopic (exact) mass is 361 g/mol. The van der Waals surface area contributed by atoms with Crippen molar-refractivity contribution in [1.82, 2.24) is 14.5 Å². The van der Waals surface area contributed by atoms with Gasteiger partial charge in [-0.2, -0.15) is 0 Å². The van der Waals surface area contributed by atoms with Crippen molar-refractivity contribution in [1.29, 1.82) is 0 Å². The number of para-hydroxylation sites is 2. The van der Waals surface area contributed by atoms with Crippen LogP contribution in [-0.2, 0) is 11.3 Å². The highest BCUT2D eigenvalue weighted by Gasteiger charge is 2.38. The fourth-order valence-electron chi connectivity index (χ4n) is 4.09. The van der Waals surface area contributed by atoms with Crippen LogP contribution < -0.4 is 0 Å². The summed E-state index contributed by atoms with van der Waals surface area (Å²) in [6, 6.07) is 16.9. The summed E-state index contributed by atoms with van der Waals surface area (Å²) < 4.78 is 2.30. The van der Waals surface area contributed by atoms with Gasteiger partial charge in [0.2, 0.25) is 5.91 Å². The van der Waals surface area contributed by atoms with Crippen molar-refractivity contribution in [3.63, 3.8) is 0 Å². The minimum Gasteiger partial charge on any atom is -0.337 e. The van der Waals surface area contributed by atoms with Crippen LogP contribution in [0.1, 0.15) is 50.1 Å². The third-order valence-electron chi connectivity index (χ3n) is 5.41. The number of imidazole rings is 1. The van der Waals surface area contributed by atoms with Crippen molar-refractivity contribution >= 4 is 16.9 Å². The number of nitrogens with zero attached hydrogens (tertiary/aromatic N) is 3. The van der Waals surface area contributed by atoms with E-state index in [2.05, 4.69) is 74.7 Å². The number of aryl methyl sites for hydroxylation is 1. The highest BCUT2D eigenvalue weighted by Crippen LogP contribution is 2.34. The van der Waals surface area contributed by atoms with Gasteiger partial charge in [0.1, 0.15) is 5.82 Å². The van der Waals surface area contributed by atoms with Crippen LogP contribution in [-0.4, -0.2) is 32.4 Å². The second kappa shape index (κ2) is 6.52. The molecule has 4 rings (SSSR count). The largest absolute Gasteiger partial charge is 0.337 e. The Balaban J connectivity index is 1.76. The third-order valence-corrected chi connectivity index (χ3v) is 5.41. The van der Waals surface area contributed by atoms with E-state index in [0.29, 0.717) is 6.42 Å². The van der Waals surface area contributed by atoms with Gasteiger partial charge in [0.15, 0.2) is 0 Å². The highest BCUT2D eigenvalue weighted by atomic mass is 16.2.